The number of rotatable bonds is 3. The Balaban J connectivity index is 1.70. The summed E-state index contributed by atoms with van der Waals surface area (Å²) in [5, 5.41) is 12.9. The topological polar surface area (TPSA) is 54.0 Å². The van der Waals surface area contributed by atoms with Gasteiger partial charge in [0.15, 0.2) is 0 Å². The van der Waals surface area contributed by atoms with Crippen molar-refractivity contribution in [3.8, 4) is 5.75 Å². The second-order valence-corrected chi connectivity index (χ2v) is 5.11. The minimum absolute atomic E-state index is 0.270. The Hall–Kier alpha value is -1.37. The summed E-state index contributed by atoms with van der Waals surface area (Å²) >= 11 is 0. The number of hydrogen-bond donors (Lipinski definition) is 2. The van der Waals surface area contributed by atoms with Gasteiger partial charge in [-0.3, -0.25) is 0 Å². The Morgan fingerprint density at radius 1 is 1.30 bits per heavy atom. The van der Waals surface area contributed by atoms with Gasteiger partial charge in [-0.25, -0.2) is 4.39 Å². The van der Waals surface area contributed by atoms with Crippen molar-refractivity contribution in [3.63, 3.8) is 0 Å². The van der Waals surface area contributed by atoms with Gasteiger partial charge in [-0.15, -0.1) is 0 Å². The maximum absolute atomic E-state index is 14.2. The van der Waals surface area contributed by atoms with Gasteiger partial charge in [0.05, 0.1) is 18.9 Å². The summed E-state index contributed by atoms with van der Waals surface area (Å²) in [5.74, 6) is 0.133. The number of nitrogens with zero attached hydrogens (tertiary/aromatic N) is 1. The zero-order chi connectivity index (χ0) is 13.9. The van der Waals surface area contributed by atoms with Gasteiger partial charge in [0, 0.05) is 32.2 Å². The van der Waals surface area contributed by atoms with Gasteiger partial charge in [0.1, 0.15) is 23.8 Å². The molecule has 2 aliphatic rings. The lowest BCUT2D eigenvalue weighted by atomic mass is 10.2. The highest BCUT2D eigenvalue weighted by Crippen LogP contribution is 2.26. The third-order valence-electron chi connectivity index (χ3n) is 3.66. The molecular formula is C14H19FN2O3. The molecule has 0 aliphatic carbocycles. The average Bonchev–Trinajstić information content (AvgIpc) is 2.85. The molecule has 0 spiro atoms. The van der Waals surface area contributed by atoms with E-state index in [0.29, 0.717) is 18.0 Å². The molecule has 20 heavy (non-hydrogen) atoms. The summed E-state index contributed by atoms with van der Waals surface area (Å²) in [5.41, 5.74) is 0.599. The van der Waals surface area contributed by atoms with Crippen molar-refractivity contribution in [1.29, 1.82) is 0 Å². The number of anilines is 1. The van der Waals surface area contributed by atoms with Crippen LogP contribution in [0.5, 0.6) is 5.75 Å². The number of nitrogens with one attached hydrogen (secondary N) is 1. The number of hydrogen-bond acceptors (Lipinski definition) is 5. The van der Waals surface area contributed by atoms with Crippen molar-refractivity contribution in [3.05, 3.63) is 24.0 Å². The number of benzene rings is 1. The summed E-state index contributed by atoms with van der Waals surface area (Å²) in [7, 11) is 0. The van der Waals surface area contributed by atoms with Gasteiger partial charge in [-0.05, 0) is 12.1 Å². The maximum atomic E-state index is 14.2. The maximum Gasteiger partial charge on any atom is 0.150 e. The van der Waals surface area contributed by atoms with Gasteiger partial charge in [0.2, 0.25) is 0 Å². The van der Waals surface area contributed by atoms with Crippen LogP contribution in [0.3, 0.4) is 0 Å². The van der Waals surface area contributed by atoms with Crippen molar-refractivity contribution < 1.29 is 19.0 Å². The molecule has 2 N–H and O–H groups in total. The lowest BCUT2D eigenvalue weighted by Crippen LogP contribution is -2.43. The molecule has 2 atom stereocenters. The second-order valence-electron chi connectivity index (χ2n) is 5.11. The van der Waals surface area contributed by atoms with E-state index in [0.717, 1.165) is 26.2 Å². The molecule has 1 aromatic carbocycles. The van der Waals surface area contributed by atoms with E-state index in [1.54, 1.807) is 12.1 Å². The Kier molecular flexibility index (Phi) is 4.05. The quantitative estimate of drug-likeness (QED) is 0.839. The number of halogens is 1. The molecule has 5 nitrogen and oxygen atoms in total. The van der Waals surface area contributed by atoms with E-state index in [-0.39, 0.29) is 12.4 Å². The molecule has 0 aromatic heterocycles. The van der Waals surface area contributed by atoms with E-state index in [2.05, 4.69) is 5.32 Å². The van der Waals surface area contributed by atoms with Crippen LogP contribution in [0.2, 0.25) is 0 Å². The van der Waals surface area contributed by atoms with Crippen molar-refractivity contribution in [1.82, 2.24) is 5.32 Å². The van der Waals surface area contributed by atoms with Crippen LogP contribution in [-0.4, -0.2) is 56.7 Å². The van der Waals surface area contributed by atoms with Crippen LogP contribution in [0.4, 0.5) is 10.1 Å². The van der Waals surface area contributed by atoms with E-state index in [4.69, 9.17) is 9.47 Å². The van der Waals surface area contributed by atoms with Gasteiger partial charge < -0.3 is 24.8 Å². The number of piperazine rings is 1. The van der Waals surface area contributed by atoms with Gasteiger partial charge in [-0.2, -0.15) is 0 Å². The third-order valence-corrected chi connectivity index (χ3v) is 3.66. The van der Waals surface area contributed by atoms with Crippen LogP contribution in [-0.2, 0) is 4.74 Å². The molecule has 2 unspecified atom stereocenters. The van der Waals surface area contributed by atoms with Crippen LogP contribution in [0.15, 0.2) is 18.2 Å². The fourth-order valence-electron chi connectivity index (χ4n) is 2.53. The number of aliphatic hydroxyl groups is 1. The summed E-state index contributed by atoms with van der Waals surface area (Å²) < 4.78 is 24.8. The van der Waals surface area contributed by atoms with E-state index < -0.39 is 12.2 Å². The summed E-state index contributed by atoms with van der Waals surface area (Å²) in [6.07, 6.45) is -1.06. The molecule has 2 aliphatic heterocycles. The second kappa shape index (κ2) is 5.95. The van der Waals surface area contributed by atoms with Crippen molar-refractivity contribution >= 4 is 5.69 Å². The first kappa shape index (κ1) is 13.6. The Labute approximate surface area is 117 Å². The number of aliphatic hydroxyl groups excluding tert-OH is 1. The minimum Gasteiger partial charge on any atom is -0.485 e. The molecule has 0 bridgehead atoms. The third kappa shape index (κ3) is 2.87. The van der Waals surface area contributed by atoms with Gasteiger partial charge >= 0.3 is 0 Å². The fourth-order valence-corrected chi connectivity index (χ4v) is 2.53. The molecule has 3 rings (SSSR count). The standard InChI is InChI=1S/C14H19FN2O3/c15-11-7-10(20-14-9-19-8-13(14)18)1-2-12(11)17-5-3-16-4-6-17/h1-2,7,13-14,16,18H,3-6,8-9H2. The zero-order valence-corrected chi connectivity index (χ0v) is 11.2. The van der Waals surface area contributed by atoms with E-state index in [9.17, 15) is 9.50 Å². The van der Waals surface area contributed by atoms with Crippen molar-refractivity contribution in [2.45, 2.75) is 12.2 Å². The first-order valence-electron chi connectivity index (χ1n) is 6.92. The van der Waals surface area contributed by atoms with E-state index in [1.165, 1.54) is 6.07 Å². The lowest BCUT2D eigenvalue weighted by molar-refractivity contribution is 0.0731. The van der Waals surface area contributed by atoms with Crippen molar-refractivity contribution in [2.24, 2.45) is 0 Å². The minimum atomic E-state index is -0.647. The Morgan fingerprint density at radius 3 is 2.75 bits per heavy atom. The Morgan fingerprint density at radius 2 is 2.10 bits per heavy atom. The monoisotopic (exact) mass is 282 g/mol. The first-order valence-corrected chi connectivity index (χ1v) is 6.92. The van der Waals surface area contributed by atoms with E-state index >= 15 is 0 Å². The van der Waals surface area contributed by atoms with Crippen LogP contribution in [0.1, 0.15) is 0 Å². The highest BCUT2D eigenvalue weighted by Gasteiger charge is 2.28. The van der Waals surface area contributed by atoms with E-state index in [1.807, 2.05) is 4.90 Å². The zero-order valence-electron chi connectivity index (χ0n) is 11.2. The average molecular weight is 282 g/mol. The lowest BCUT2D eigenvalue weighted by Gasteiger charge is -2.29. The fraction of sp³-hybridized carbons (Fsp3) is 0.571. The predicted octanol–water partition coefficient (Wildman–Crippen LogP) is 0.374. The molecule has 2 heterocycles. The predicted molar refractivity (Wildman–Crippen MR) is 72.7 cm³/mol. The number of ether oxygens (including phenoxy) is 2. The molecule has 110 valence electrons. The highest BCUT2D eigenvalue weighted by atomic mass is 19.1. The van der Waals surface area contributed by atoms with Gasteiger partial charge in [-0.1, -0.05) is 0 Å². The van der Waals surface area contributed by atoms with Crippen LogP contribution in [0.25, 0.3) is 0 Å². The Bertz CT molecular complexity index is 466. The van der Waals surface area contributed by atoms with Crippen LogP contribution >= 0.6 is 0 Å². The smallest absolute Gasteiger partial charge is 0.150 e. The molecule has 1 aromatic rings. The molecule has 0 amide bonds. The van der Waals surface area contributed by atoms with Crippen LogP contribution < -0.4 is 15.0 Å². The molecule has 2 saturated heterocycles. The summed E-state index contributed by atoms with van der Waals surface area (Å²) in [6.45, 7) is 3.93. The molecular weight excluding hydrogens is 263 g/mol. The molecule has 0 radical (unpaired) electrons. The van der Waals surface area contributed by atoms with Crippen LogP contribution in [0, 0.1) is 5.82 Å². The SMILES string of the molecule is OC1COCC1Oc1ccc(N2CCNCC2)c(F)c1. The molecule has 0 saturated carbocycles. The first-order chi connectivity index (χ1) is 9.74. The normalized spacial score (nSPS) is 26.8. The summed E-state index contributed by atoms with van der Waals surface area (Å²) in [6, 6.07) is 4.85. The summed E-state index contributed by atoms with van der Waals surface area (Å²) in [4.78, 5) is 2.02. The highest BCUT2D eigenvalue weighted by molar-refractivity contribution is 5.51. The molecule has 6 heteroatoms. The molecule has 2 fully saturated rings. The van der Waals surface area contributed by atoms with Gasteiger partial charge in [0.25, 0.3) is 0 Å². The van der Waals surface area contributed by atoms with Crippen molar-refractivity contribution in [2.75, 3.05) is 44.3 Å². The largest absolute Gasteiger partial charge is 0.485 e.